The van der Waals surface area contributed by atoms with Crippen LogP contribution in [0.4, 0.5) is 0 Å². The van der Waals surface area contributed by atoms with Gasteiger partial charge >= 0.3 is 0 Å². The lowest BCUT2D eigenvalue weighted by Crippen LogP contribution is -2.36. The molecule has 0 aromatic heterocycles. The summed E-state index contributed by atoms with van der Waals surface area (Å²) in [5, 5.41) is 19.2. The van der Waals surface area contributed by atoms with E-state index < -0.39 is 6.10 Å². The van der Waals surface area contributed by atoms with Crippen LogP contribution in [0.5, 0.6) is 0 Å². The van der Waals surface area contributed by atoms with E-state index in [-0.39, 0.29) is 36.9 Å². The topological polar surface area (TPSA) is 58.9 Å². The Labute approximate surface area is 111 Å². The summed E-state index contributed by atoms with van der Waals surface area (Å²) in [6.45, 7) is 11.5. The molecule has 4 heteroatoms. The molecule has 2 N–H and O–H groups in total. The Balaban J connectivity index is 4.45. The highest BCUT2D eigenvalue weighted by molar-refractivity contribution is 4.75. The number of ether oxygens (including phenoxy) is 2. The predicted molar refractivity (Wildman–Crippen MR) is 72.6 cm³/mol. The fourth-order valence-electron chi connectivity index (χ4n) is 1.97. The third kappa shape index (κ3) is 7.31. The van der Waals surface area contributed by atoms with Crippen molar-refractivity contribution in [2.24, 2.45) is 5.92 Å². The molecule has 0 radical (unpaired) electrons. The van der Waals surface area contributed by atoms with Crippen LogP contribution < -0.4 is 0 Å². The van der Waals surface area contributed by atoms with Crippen LogP contribution in [-0.2, 0) is 9.47 Å². The predicted octanol–water partition coefficient (Wildman–Crippen LogP) is 1.97. The first-order chi connectivity index (χ1) is 8.27. The molecule has 0 saturated heterocycles. The molecule has 0 spiro atoms. The maximum Gasteiger partial charge on any atom is 0.0839 e. The smallest absolute Gasteiger partial charge is 0.0839 e. The molecule has 0 saturated carbocycles. The van der Waals surface area contributed by atoms with Crippen LogP contribution in [0.15, 0.2) is 0 Å². The number of aliphatic hydroxyl groups is 2. The molecule has 0 heterocycles. The van der Waals surface area contributed by atoms with Crippen molar-refractivity contribution in [3.63, 3.8) is 0 Å². The summed E-state index contributed by atoms with van der Waals surface area (Å²) in [5.74, 6) is -0.0225. The van der Waals surface area contributed by atoms with E-state index in [2.05, 4.69) is 0 Å². The van der Waals surface area contributed by atoms with E-state index in [1.165, 1.54) is 0 Å². The zero-order chi connectivity index (χ0) is 14.3. The monoisotopic (exact) mass is 262 g/mol. The minimum Gasteiger partial charge on any atom is -0.396 e. The van der Waals surface area contributed by atoms with Crippen molar-refractivity contribution in [1.29, 1.82) is 0 Å². The quantitative estimate of drug-likeness (QED) is 0.667. The summed E-state index contributed by atoms with van der Waals surface area (Å²) in [6.07, 6.45) is -0.0735. The molecule has 0 amide bonds. The highest BCUT2D eigenvalue weighted by Crippen LogP contribution is 2.20. The fraction of sp³-hybridized carbons (Fsp3) is 1.00. The maximum atomic E-state index is 9.72. The third-order valence-electron chi connectivity index (χ3n) is 2.91. The second kappa shape index (κ2) is 8.86. The Morgan fingerprint density at radius 1 is 0.889 bits per heavy atom. The highest BCUT2D eigenvalue weighted by atomic mass is 16.5. The molecule has 4 unspecified atom stereocenters. The Morgan fingerprint density at radius 2 is 1.39 bits per heavy atom. The van der Waals surface area contributed by atoms with Crippen molar-refractivity contribution < 1.29 is 19.7 Å². The second-order valence-electron chi connectivity index (χ2n) is 5.53. The van der Waals surface area contributed by atoms with Gasteiger partial charge in [-0.05, 0) is 48.0 Å². The minimum atomic E-state index is -0.548. The van der Waals surface area contributed by atoms with E-state index in [4.69, 9.17) is 9.47 Å². The van der Waals surface area contributed by atoms with Crippen LogP contribution in [0.2, 0.25) is 0 Å². The molecule has 0 aromatic carbocycles. The Morgan fingerprint density at radius 3 is 1.72 bits per heavy atom. The summed E-state index contributed by atoms with van der Waals surface area (Å²) in [5.41, 5.74) is 0. The zero-order valence-electron chi connectivity index (χ0n) is 12.6. The van der Waals surface area contributed by atoms with E-state index in [9.17, 15) is 10.2 Å². The van der Waals surface area contributed by atoms with E-state index >= 15 is 0 Å². The maximum absolute atomic E-state index is 9.72. The molecule has 0 rings (SSSR count). The first kappa shape index (κ1) is 17.8. The first-order valence-corrected chi connectivity index (χ1v) is 6.87. The van der Waals surface area contributed by atoms with Crippen molar-refractivity contribution in [1.82, 2.24) is 0 Å². The number of hydrogen-bond acceptors (Lipinski definition) is 4. The zero-order valence-corrected chi connectivity index (χ0v) is 12.6. The Bertz CT molecular complexity index is 204. The molecule has 0 fully saturated rings. The molecule has 0 aliphatic rings. The Hall–Kier alpha value is -0.160. The van der Waals surface area contributed by atoms with Crippen molar-refractivity contribution in [2.45, 2.75) is 78.5 Å². The van der Waals surface area contributed by atoms with Crippen LogP contribution >= 0.6 is 0 Å². The molecule has 110 valence electrons. The Kier molecular flexibility index (Phi) is 8.78. The van der Waals surface area contributed by atoms with Crippen molar-refractivity contribution in [3.8, 4) is 0 Å². The van der Waals surface area contributed by atoms with Gasteiger partial charge in [0.2, 0.25) is 0 Å². The van der Waals surface area contributed by atoms with E-state index in [0.29, 0.717) is 6.42 Å². The summed E-state index contributed by atoms with van der Waals surface area (Å²) in [7, 11) is 0. The van der Waals surface area contributed by atoms with Gasteiger partial charge in [0.05, 0.1) is 30.5 Å². The largest absolute Gasteiger partial charge is 0.396 e. The van der Waals surface area contributed by atoms with E-state index in [1.807, 2.05) is 34.6 Å². The summed E-state index contributed by atoms with van der Waals surface area (Å²) in [4.78, 5) is 0. The van der Waals surface area contributed by atoms with Gasteiger partial charge in [0, 0.05) is 12.5 Å². The van der Waals surface area contributed by atoms with Gasteiger partial charge in [-0.1, -0.05) is 0 Å². The molecule has 4 nitrogen and oxygen atoms in total. The van der Waals surface area contributed by atoms with Gasteiger partial charge in [-0.3, -0.25) is 0 Å². The molecule has 18 heavy (non-hydrogen) atoms. The third-order valence-corrected chi connectivity index (χ3v) is 2.91. The summed E-state index contributed by atoms with van der Waals surface area (Å²) in [6, 6.07) is 0. The van der Waals surface area contributed by atoms with Gasteiger partial charge in [0.15, 0.2) is 0 Å². The number of aliphatic hydroxyl groups excluding tert-OH is 2. The minimum absolute atomic E-state index is 0.0225. The molecule has 0 aromatic rings. The van der Waals surface area contributed by atoms with Crippen molar-refractivity contribution in [2.75, 3.05) is 6.61 Å². The van der Waals surface area contributed by atoms with Crippen LogP contribution in [0.25, 0.3) is 0 Å². The number of hydrogen-bond donors (Lipinski definition) is 2. The molecular weight excluding hydrogens is 232 g/mol. The van der Waals surface area contributed by atoms with E-state index in [0.717, 1.165) is 0 Å². The molecule has 0 aliphatic carbocycles. The highest BCUT2D eigenvalue weighted by Gasteiger charge is 2.26. The van der Waals surface area contributed by atoms with Gasteiger partial charge in [0.1, 0.15) is 0 Å². The standard InChI is InChI=1S/C14H30O4/c1-9(2)17-12(6)13(8-15)7-14(11(5)16)18-10(3)4/h9-16H,7-8H2,1-6H3. The average molecular weight is 262 g/mol. The van der Waals surface area contributed by atoms with Crippen molar-refractivity contribution in [3.05, 3.63) is 0 Å². The lowest BCUT2D eigenvalue weighted by atomic mass is 9.94. The normalized spacial score (nSPS) is 19.0. The SMILES string of the molecule is CC(C)OC(C)C(CO)CC(OC(C)C)C(C)O. The second-order valence-corrected chi connectivity index (χ2v) is 5.53. The molecular formula is C14H30O4. The van der Waals surface area contributed by atoms with E-state index in [1.54, 1.807) is 6.92 Å². The lowest BCUT2D eigenvalue weighted by molar-refractivity contribution is -0.0937. The van der Waals surface area contributed by atoms with Crippen molar-refractivity contribution >= 4 is 0 Å². The van der Waals surface area contributed by atoms with Gasteiger partial charge < -0.3 is 19.7 Å². The van der Waals surface area contributed by atoms with Gasteiger partial charge in [-0.25, -0.2) is 0 Å². The lowest BCUT2D eigenvalue weighted by Gasteiger charge is -2.30. The molecule has 0 bridgehead atoms. The van der Waals surface area contributed by atoms with Crippen LogP contribution in [0.3, 0.4) is 0 Å². The van der Waals surface area contributed by atoms with Crippen LogP contribution in [0.1, 0.15) is 48.0 Å². The molecule has 0 aliphatic heterocycles. The molecule has 4 atom stereocenters. The van der Waals surface area contributed by atoms with Crippen LogP contribution in [0, 0.1) is 5.92 Å². The summed E-state index contributed by atoms with van der Waals surface area (Å²) < 4.78 is 11.4. The number of rotatable bonds is 9. The van der Waals surface area contributed by atoms with Gasteiger partial charge in [-0.2, -0.15) is 0 Å². The fourth-order valence-corrected chi connectivity index (χ4v) is 1.97. The van der Waals surface area contributed by atoms with Crippen LogP contribution in [-0.4, -0.2) is 47.3 Å². The van der Waals surface area contributed by atoms with Gasteiger partial charge in [-0.15, -0.1) is 0 Å². The first-order valence-electron chi connectivity index (χ1n) is 6.87. The average Bonchev–Trinajstić information content (AvgIpc) is 2.21. The van der Waals surface area contributed by atoms with Gasteiger partial charge in [0.25, 0.3) is 0 Å². The summed E-state index contributed by atoms with van der Waals surface area (Å²) >= 11 is 0.